The van der Waals surface area contributed by atoms with Crippen LogP contribution in [0.2, 0.25) is 0 Å². The molecule has 0 amide bonds. The van der Waals surface area contributed by atoms with Crippen molar-refractivity contribution in [2.75, 3.05) is 0 Å². The standard InChI is InChI=1S/C49H31N7/c50-32-42-31-41(33-21-25-39(26-22-33)48-53-44(35-13-5-1-6-14-35)51-45(54-48)36-15-7-2-8-16-36)29-30-43(42)34-23-27-40(28-24-34)49-55-46(37-17-9-3-10-18-37)52-47(56-49)38-19-11-4-12-20-38/h1-31H. The zero-order valence-corrected chi connectivity index (χ0v) is 30.0. The first kappa shape index (κ1) is 33.9. The molecule has 0 saturated heterocycles. The van der Waals surface area contributed by atoms with Crippen LogP contribution in [0.1, 0.15) is 5.56 Å². The highest BCUT2D eigenvalue weighted by Crippen LogP contribution is 2.32. The summed E-state index contributed by atoms with van der Waals surface area (Å²) in [6.45, 7) is 0. The van der Waals surface area contributed by atoms with E-state index in [0.717, 1.165) is 55.6 Å². The van der Waals surface area contributed by atoms with Gasteiger partial charge >= 0.3 is 0 Å². The van der Waals surface area contributed by atoms with Gasteiger partial charge in [-0.1, -0.05) is 182 Å². The van der Waals surface area contributed by atoms with E-state index in [2.05, 4.69) is 6.07 Å². The molecule has 9 aromatic rings. The van der Waals surface area contributed by atoms with Crippen molar-refractivity contribution < 1.29 is 0 Å². The van der Waals surface area contributed by atoms with Crippen LogP contribution in [-0.4, -0.2) is 29.9 Å². The Morgan fingerprint density at radius 1 is 0.268 bits per heavy atom. The van der Waals surface area contributed by atoms with Crippen LogP contribution in [0.15, 0.2) is 188 Å². The lowest BCUT2D eigenvalue weighted by atomic mass is 9.94. The highest BCUT2D eigenvalue weighted by molar-refractivity contribution is 5.79. The SMILES string of the molecule is N#Cc1cc(-c2ccc(-c3nc(-c4ccccc4)nc(-c4ccccc4)n3)cc2)ccc1-c1ccc(-c2nc(-c3ccccc3)nc(-c3ccccc3)n2)cc1. The summed E-state index contributed by atoms with van der Waals surface area (Å²) in [5.74, 6) is 3.61. The topological polar surface area (TPSA) is 101 Å². The van der Waals surface area contributed by atoms with Gasteiger partial charge in [-0.25, -0.2) is 29.9 Å². The number of benzene rings is 7. The molecule has 0 fully saturated rings. The molecule has 0 N–H and O–H groups in total. The van der Waals surface area contributed by atoms with Crippen molar-refractivity contribution in [1.29, 1.82) is 5.26 Å². The van der Waals surface area contributed by atoms with Crippen molar-refractivity contribution >= 4 is 0 Å². The fourth-order valence-corrected chi connectivity index (χ4v) is 6.55. The molecule has 7 heteroatoms. The lowest BCUT2D eigenvalue weighted by Gasteiger charge is -2.11. The lowest BCUT2D eigenvalue weighted by Crippen LogP contribution is -2.00. The van der Waals surface area contributed by atoms with Crippen molar-refractivity contribution in [2.24, 2.45) is 0 Å². The highest BCUT2D eigenvalue weighted by atomic mass is 15.0. The van der Waals surface area contributed by atoms with Crippen LogP contribution in [-0.2, 0) is 0 Å². The molecule has 2 heterocycles. The summed E-state index contributed by atoms with van der Waals surface area (Å²) < 4.78 is 0. The molecule has 2 aromatic heterocycles. The van der Waals surface area contributed by atoms with Crippen molar-refractivity contribution in [3.63, 3.8) is 0 Å². The van der Waals surface area contributed by atoms with Crippen LogP contribution >= 0.6 is 0 Å². The Morgan fingerprint density at radius 3 is 0.857 bits per heavy atom. The number of nitriles is 1. The minimum absolute atomic E-state index is 0.577. The van der Waals surface area contributed by atoms with Crippen molar-refractivity contribution in [3.05, 3.63) is 194 Å². The Hall–Kier alpha value is -7.95. The third-order valence-electron chi connectivity index (χ3n) is 9.47. The maximum atomic E-state index is 10.3. The molecule has 9 rings (SSSR count). The molecule has 0 bridgehead atoms. The van der Waals surface area contributed by atoms with Crippen LogP contribution in [0.4, 0.5) is 0 Å². The monoisotopic (exact) mass is 717 g/mol. The van der Waals surface area contributed by atoms with Crippen LogP contribution in [0, 0.1) is 11.3 Å². The van der Waals surface area contributed by atoms with E-state index in [9.17, 15) is 5.26 Å². The van der Waals surface area contributed by atoms with Crippen LogP contribution in [0.3, 0.4) is 0 Å². The second kappa shape index (κ2) is 15.2. The second-order valence-electron chi connectivity index (χ2n) is 13.1. The average molecular weight is 718 g/mol. The highest BCUT2D eigenvalue weighted by Gasteiger charge is 2.15. The predicted octanol–water partition coefficient (Wildman–Crippen LogP) is 11.3. The van der Waals surface area contributed by atoms with Gasteiger partial charge in [-0.05, 0) is 28.3 Å². The van der Waals surface area contributed by atoms with Gasteiger partial charge in [-0.2, -0.15) is 5.26 Å². The smallest absolute Gasteiger partial charge is 0.164 e. The first-order valence-electron chi connectivity index (χ1n) is 18.2. The summed E-state index contributed by atoms with van der Waals surface area (Å²) in [7, 11) is 0. The van der Waals surface area contributed by atoms with Crippen molar-refractivity contribution in [2.45, 2.75) is 0 Å². The Bertz CT molecular complexity index is 2710. The van der Waals surface area contributed by atoms with E-state index in [1.807, 2.05) is 188 Å². The maximum Gasteiger partial charge on any atom is 0.164 e. The molecule has 7 aromatic carbocycles. The number of hydrogen-bond donors (Lipinski definition) is 0. The molecule has 56 heavy (non-hydrogen) atoms. The molecule has 0 radical (unpaired) electrons. The van der Waals surface area contributed by atoms with E-state index in [4.69, 9.17) is 29.9 Å². The molecular weight excluding hydrogens is 687 g/mol. The number of hydrogen-bond acceptors (Lipinski definition) is 7. The fraction of sp³-hybridized carbons (Fsp3) is 0. The third kappa shape index (κ3) is 7.06. The van der Waals surface area contributed by atoms with Crippen molar-refractivity contribution in [3.8, 4) is 96.7 Å². The Labute approximate surface area is 324 Å². The van der Waals surface area contributed by atoms with Gasteiger partial charge in [0.1, 0.15) is 0 Å². The fourth-order valence-electron chi connectivity index (χ4n) is 6.55. The Balaban J connectivity index is 1.01. The molecule has 0 unspecified atom stereocenters. The van der Waals surface area contributed by atoms with Crippen molar-refractivity contribution in [1.82, 2.24) is 29.9 Å². The minimum Gasteiger partial charge on any atom is -0.208 e. The molecule has 0 spiro atoms. The van der Waals surface area contributed by atoms with Gasteiger partial charge in [-0.15, -0.1) is 0 Å². The second-order valence-corrected chi connectivity index (χ2v) is 13.1. The van der Waals surface area contributed by atoms with Gasteiger partial charge in [0.2, 0.25) is 0 Å². The molecule has 262 valence electrons. The van der Waals surface area contributed by atoms with Crippen LogP contribution in [0.5, 0.6) is 0 Å². The van der Waals surface area contributed by atoms with Gasteiger partial charge in [0, 0.05) is 33.4 Å². The molecule has 0 saturated carbocycles. The minimum atomic E-state index is 0.577. The van der Waals surface area contributed by atoms with Crippen LogP contribution < -0.4 is 0 Å². The zero-order valence-electron chi connectivity index (χ0n) is 30.0. The summed E-state index contributed by atoms with van der Waals surface area (Å²) in [6.07, 6.45) is 0. The zero-order chi connectivity index (χ0) is 37.7. The van der Waals surface area contributed by atoms with E-state index in [1.54, 1.807) is 0 Å². The van der Waals surface area contributed by atoms with E-state index in [0.29, 0.717) is 40.5 Å². The summed E-state index contributed by atoms with van der Waals surface area (Å²) in [5.41, 5.74) is 9.65. The summed E-state index contributed by atoms with van der Waals surface area (Å²) in [4.78, 5) is 29.0. The molecular formula is C49H31N7. The average Bonchev–Trinajstić information content (AvgIpc) is 3.30. The number of rotatable bonds is 8. The molecule has 0 aliphatic heterocycles. The summed E-state index contributed by atoms with van der Waals surface area (Å²) >= 11 is 0. The van der Waals surface area contributed by atoms with E-state index in [1.165, 1.54) is 0 Å². The van der Waals surface area contributed by atoms with Gasteiger partial charge in [-0.3, -0.25) is 0 Å². The molecule has 7 nitrogen and oxygen atoms in total. The van der Waals surface area contributed by atoms with Gasteiger partial charge in [0.25, 0.3) is 0 Å². The maximum absolute atomic E-state index is 10.3. The Kier molecular flexibility index (Phi) is 9.18. The molecule has 0 aliphatic carbocycles. The number of nitrogens with zero attached hydrogens (tertiary/aromatic N) is 7. The lowest BCUT2D eigenvalue weighted by molar-refractivity contribution is 1.07. The summed E-state index contributed by atoms with van der Waals surface area (Å²) in [6, 6.07) is 64.2. The normalized spacial score (nSPS) is 10.8. The third-order valence-corrected chi connectivity index (χ3v) is 9.47. The predicted molar refractivity (Wildman–Crippen MR) is 221 cm³/mol. The Morgan fingerprint density at radius 2 is 0.536 bits per heavy atom. The van der Waals surface area contributed by atoms with E-state index < -0.39 is 0 Å². The number of aromatic nitrogens is 6. The van der Waals surface area contributed by atoms with Gasteiger partial charge in [0.05, 0.1) is 11.6 Å². The quantitative estimate of drug-likeness (QED) is 0.154. The van der Waals surface area contributed by atoms with Gasteiger partial charge in [0.15, 0.2) is 34.9 Å². The van der Waals surface area contributed by atoms with Gasteiger partial charge < -0.3 is 0 Å². The molecule has 0 atom stereocenters. The largest absolute Gasteiger partial charge is 0.208 e. The molecule has 0 aliphatic rings. The van der Waals surface area contributed by atoms with E-state index >= 15 is 0 Å². The first-order chi connectivity index (χ1) is 27.7. The van der Waals surface area contributed by atoms with E-state index in [-0.39, 0.29) is 0 Å². The first-order valence-corrected chi connectivity index (χ1v) is 18.2. The summed E-state index contributed by atoms with van der Waals surface area (Å²) in [5, 5.41) is 10.3. The van der Waals surface area contributed by atoms with Crippen LogP contribution in [0.25, 0.3) is 90.6 Å².